The number of hydrogen-bond acceptors (Lipinski definition) is 3. The first kappa shape index (κ1) is 33.4. The fraction of sp³-hybridized carbons (Fsp3) is 0.0179. The minimum absolute atomic E-state index is 0.480. The van der Waals surface area contributed by atoms with Crippen molar-refractivity contribution in [2.75, 3.05) is 0 Å². The molecule has 3 nitrogen and oxygen atoms in total. The highest BCUT2D eigenvalue weighted by atomic mass is 14.7. The van der Waals surface area contributed by atoms with E-state index in [4.69, 9.17) is 9.97 Å². The molecule has 8 aromatic carbocycles. The Hall–Kier alpha value is -7.75. The zero-order valence-electron chi connectivity index (χ0n) is 32.0. The van der Waals surface area contributed by atoms with E-state index in [1.165, 1.54) is 38.8 Å². The Morgan fingerprint density at radius 2 is 1.00 bits per heavy atom. The molecule has 0 amide bonds. The van der Waals surface area contributed by atoms with E-state index in [2.05, 4.69) is 193 Å². The molecule has 3 aromatic heterocycles. The van der Waals surface area contributed by atoms with Crippen LogP contribution in [0.2, 0.25) is 0 Å². The zero-order chi connectivity index (χ0) is 38.9. The van der Waals surface area contributed by atoms with Gasteiger partial charge in [-0.05, 0) is 103 Å². The summed E-state index contributed by atoms with van der Waals surface area (Å²) in [6, 6.07) is 72.7. The number of rotatable bonds is 5. The summed E-state index contributed by atoms with van der Waals surface area (Å²) in [6.45, 7) is 0. The second-order valence-electron chi connectivity index (χ2n) is 15.5. The van der Waals surface area contributed by atoms with Gasteiger partial charge in [0, 0.05) is 39.5 Å². The smallest absolute Gasteiger partial charge is 0.0970 e. The molecular formula is C56H35N3. The summed E-state index contributed by atoms with van der Waals surface area (Å²) in [5, 5.41) is 5.68. The molecule has 59 heavy (non-hydrogen) atoms. The molecule has 274 valence electrons. The number of aromatic nitrogens is 3. The van der Waals surface area contributed by atoms with E-state index in [0.717, 1.165) is 71.6 Å². The van der Waals surface area contributed by atoms with Crippen molar-refractivity contribution < 1.29 is 0 Å². The molecule has 1 aliphatic rings. The molecule has 0 saturated carbocycles. The van der Waals surface area contributed by atoms with Gasteiger partial charge in [0.15, 0.2) is 0 Å². The van der Waals surface area contributed by atoms with Crippen molar-refractivity contribution in [3.05, 3.63) is 235 Å². The maximum Gasteiger partial charge on any atom is 0.0970 e. The fourth-order valence-corrected chi connectivity index (χ4v) is 9.81. The average Bonchev–Trinajstić information content (AvgIpc) is 3.61. The van der Waals surface area contributed by atoms with Gasteiger partial charge in [-0.3, -0.25) is 9.97 Å². The van der Waals surface area contributed by atoms with Gasteiger partial charge in [0.1, 0.15) is 0 Å². The van der Waals surface area contributed by atoms with Crippen molar-refractivity contribution in [1.82, 2.24) is 15.0 Å². The summed E-state index contributed by atoms with van der Waals surface area (Å²) in [6.07, 6.45) is 3.68. The van der Waals surface area contributed by atoms with Crippen LogP contribution in [0.25, 0.3) is 88.1 Å². The van der Waals surface area contributed by atoms with Gasteiger partial charge in [0.25, 0.3) is 0 Å². The minimum Gasteiger partial charge on any atom is -0.254 e. The molecular weight excluding hydrogens is 715 g/mol. The summed E-state index contributed by atoms with van der Waals surface area (Å²) in [5.41, 5.74) is 16.6. The average molecular weight is 750 g/mol. The summed E-state index contributed by atoms with van der Waals surface area (Å²) in [4.78, 5) is 14.8. The van der Waals surface area contributed by atoms with Gasteiger partial charge in [0.2, 0.25) is 0 Å². The van der Waals surface area contributed by atoms with Gasteiger partial charge in [-0.25, -0.2) is 4.98 Å². The Bertz CT molecular complexity index is 3390. The van der Waals surface area contributed by atoms with Gasteiger partial charge in [0.05, 0.1) is 27.7 Å². The molecule has 0 spiro atoms. The van der Waals surface area contributed by atoms with E-state index in [1.807, 2.05) is 24.5 Å². The lowest BCUT2D eigenvalue weighted by molar-refractivity contribution is 0.769. The standard InChI is InChI=1S/C56H35N3/c1-3-17-41(18-4-1)56(42-19-5-2-6-20-42)50-24-9-7-21-43(50)48-34-49-47(35-51(48)56)44-22-8-10-25-52(44)59-53(49)39-15-11-14-38(32-39)36-26-28-37(29-27-36)46-33-40-16-12-30-57-54(40)55-45(46)23-13-31-58-55/h1-35H. The molecule has 0 fully saturated rings. The van der Waals surface area contributed by atoms with Crippen molar-refractivity contribution in [3.63, 3.8) is 0 Å². The van der Waals surface area contributed by atoms with Crippen LogP contribution in [-0.2, 0) is 5.41 Å². The molecule has 1 aliphatic carbocycles. The summed E-state index contributed by atoms with van der Waals surface area (Å²) in [7, 11) is 0. The molecule has 0 atom stereocenters. The number of benzene rings is 8. The summed E-state index contributed by atoms with van der Waals surface area (Å²) >= 11 is 0. The van der Waals surface area contributed by atoms with E-state index in [-0.39, 0.29) is 0 Å². The molecule has 0 N–H and O–H groups in total. The molecule has 11 aromatic rings. The SMILES string of the molecule is c1ccc(C2(c3ccccc3)c3ccccc3-c3cc4c(-c5cccc(-c6ccc(-c7cc8cccnc8c8ncccc78)cc6)c5)nc5ccccc5c4cc32)cc1. The first-order valence-corrected chi connectivity index (χ1v) is 20.2. The van der Waals surface area contributed by atoms with Crippen LogP contribution in [0, 0.1) is 0 Å². The van der Waals surface area contributed by atoms with Crippen molar-refractivity contribution in [1.29, 1.82) is 0 Å². The van der Waals surface area contributed by atoms with Crippen LogP contribution in [0.1, 0.15) is 22.3 Å². The van der Waals surface area contributed by atoms with Gasteiger partial charge in [-0.2, -0.15) is 0 Å². The van der Waals surface area contributed by atoms with E-state index in [1.54, 1.807) is 0 Å². The maximum atomic E-state index is 5.44. The second-order valence-corrected chi connectivity index (χ2v) is 15.5. The first-order valence-electron chi connectivity index (χ1n) is 20.2. The van der Waals surface area contributed by atoms with Crippen LogP contribution in [0.3, 0.4) is 0 Å². The number of hydrogen-bond donors (Lipinski definition) is 0. The molecule has 3 heterocycles. The maximum absolute atomic E-state index is 5.44. The van der Waals surface area contributed by atoms with Crippen molar-refractivity contribution in [3.8, 4) is 44.6 Å². The Balaban J connectivity index is 1.04. The highest BCUT2D eigenvalue weighted by Gasteiger charge is 2.46. The lowest BCUT2D eigenvalue weighted by atomic mass is 9.67. The first-order chi connectivity index (χ1) is 29.3. The third-order valence-electron chi connectivity index (χ3n) is 12.4. The van der Waals surface area contributed by atoms with Crippen LogP contribution in [0.5, 0.6) is 0 Å². The topological polar surface area (TPSA) is 38.7 Å². The highest BCUT2D eigenvalue weighted by molar-refractivity contribution is 6.14. The molecule has 12 rings (SSSR count). The van der Waals surface area contributed by atoms with Gasteiger partial charge >= 0.3 is 0 Å². The molecule has 0 unspecified atom stereocenters. The number of pyridine rings is 3. The Kier molecular flexibility index (Phi) is 7.45. The second kappa shape index (κ2) is 13.2. The van der Waals surface area contributed by atoms with E-state index in [9.17, 15) is 0 Å². The van der Waals surface area contributed by atoms with Crippen LogP contribution >= 0.6 is 0 Å². The zero-order valence-corrected chi connectivity index (χ0v) is 32.0. The fourth-order valence-electron chi connectivity index (χ4n) is 9.81. The third kappa shape index (κ3) is 5.05. The Morgan fingerprint density at radius 1 is 0.339 bits per heavy atom. The largest absolute Gasteiger partial charge is 0.254 e. The van der Waals surface area contributed by atoms with Gasteiger partial charge < -0.3 is 0 Å². The monoisotopic (exact) mass is 749 g/mol. The summed E-state index contributed by atoms with van der Waals surface area (Å²) in [5.74, 6) is 0. The van der Waals surface area contributed by atoms with Gasteiger partial charge in [-0.15, -0.1) is 0 Å². The molecule has 0 saturated heterocycles. The molecule has 3 heteroatoms. The number of nitrogens with zero attached hydrogens (tertiary/aromatic N) is 3. The molecule has 0 aliphatic heterocycles. The predicted molar refractivity (Wildman–Crippen MR) is 243 cm³/mol. The summed E-state index contributed by atoms with van der Waals surface area (Å²) < 4.78 is 0. The van der Waals surface area contributed by atoms with Crippen molar-refractivity contribution >= 4 is 43.5 Å². The highest BCUT2D eigenvalue weighted by Crippen LogP contribution is 2.57. The number of fused-ring (bicyclic) bond motifs is 9. The van der Waals surface area contributed by atoms with Crippen LogP contribution in [0.4, 0.5) is 0 Å². The van der Waals surface area contributed by atoms with Crippen LogP contribution in [0.15, 0.2) is 213 Å². The minimum atomic E-state index is -0.480. The van der Waals surface area contributed by atoms with E-state index in [0.29, 0.717) is 0 Å². The normalized spacial score (nSPS) is 12.9. The predicted octanol–water partition coefficient (Wildman–Crippen LogP) is 13.8. The van der Waals surface area contributed by atoms with Crippen molar-refractivity contribution in [2.24, 2.45) is 0 Å². The van der Waals surface area contributed by atoms with E-state index >= 15 is 0 Å². The van der Waals surface area contributed by atoms with Gasteiger partial charge in [-0.1, -0.05) is 158 Å². The lowest BCUT2D eigenvalue weighted by Gasteiger charge is -2.34. The Morgan fingerprint density at radius 3 is 1.81 bits per heavy atom. The third-order valence-corrected chi connectivity index (χ3v) is 12.4. The quantitative estimate of drug-likeness (QED) is 0.165. The van der Waals surface area contributed by atoms with Crippen LogP contribution in [-0.4, -0.2) is 15.0 Å². The van der Waals surface area contributed by atoms with Crippen LogP contribution < -0.4 is 0 Å². The van der Waals surface area contributed by atoms with Crippen molar-refractivity contribution in [2.45, 2.75) is 5.41 Å². The lowest BCUT2D eigenvalue weighted by Crippen LogP contribution is -2.28. The molecule has 0 bridgehead atoms. The Labute approximate surface area is 342 Å². The van der Waals surface area contributed by atoms with E-state index < -0.39 is 5.41 Å². The molecule has 0 radical (unpaired) electrons. The number of para-hydroxylation sites is 1.